The average molecular weight is 326 g/mol. The number of rotatable bonds is 6. The zero-order valence-corrected chi connectivity index (χ0v) is 15.5. The Hall–Kier alpha value is -1.26. The predicted molar refractivity (Wildman–Crippen MR) is 92.3 cm³/mol. The van der Waals surface area contributed by atoms with Gasteiger partial charge < -0.3 is 15.0 Å². The number of piperidine rings is 1. The molecule has 2 unspecified atom stereocenters. The van der Waals surface area contributed by atoms with Gasteiger partial charge in [-0.15, -0.1) is 0 Å². The molecule has 0 aliphatic carbocycles. The highest BCUT2D eigenvalue weighted by Crippen LogP contribution is 2.20. The van der Waals surface area contributed by atoms with Crippen LogP contribution in [0, 0.1) is 5.92 Å². The summed E-state index contributed by atoms with van der Waals surface area (Å²) in [5, 5.41) is 2.82. The summed E-state index contributed by atoms with van der Waals surface area (Å²) in [5.74, 6) is 0.649. The minimum Gasteiger partial charge on any atom is -0.444 e. The Labute approximate surface area is 141 Å². The minimum atomic E-state index is -0.498. The van der Waals surface area contributed by atoms with Gasteiger partial charge in [0.1, 0.15) is 5.60 Å². The van der Waals surface area contributed by atoms with Gasteiger partial charge in [0.05, 0.1) is 0 Å². The summed E-state index contributed by atoms with van der Waals surface area (Å²) in [6, 6.07) is 0.0950. The van der Waals surface area contributed by atoms with E-state index in [0.29, 0.717) is 18.9 Å². The van der Waals surface area contributed by atoms with Gasteiger partial charge in [-0.3, -0.25) is 4.79 Å². The maximum atomic E-state index is 12.5. The Morgan fingerprint density at radius 3 is 2.61 bits per heavy atom. The number of nitrogens with one attached hydrogen (secondary N) is 1. The molecule has 5 heteroatoms. The molecule has 0 aromatic rings. The van der Waals surface area contributed by atoms with Crippen molar-refractivity contribution in [3.05, 3.63) is 0 Å². The fraction of sp³-hybridized carbons (Fsp3) is 0.889. The van der Waals surface area contributed by atoms with Gasteiger partial charge in [-0.1, -0.05) is 26.7 Å². The van der Waals surface area contributed by atoms with Crippen LogP contribution < -0.4 is 5.32 Å². The number of hydrogen-bond donors (Lipinski definition) is 1. The van der Waals surface area contributed by atoms with Crippen molar-refractivity contribution in [3.63, 3.8) is 0 Å². The van der Waals surface area contributed by atoms with Gasteiger partial charge in [0, 0.05) is 25.6 Å². The summed E-state index contributed by atoms with van der Waals surface area (Å²) < 4.78 is 5.27. The van der Waals surface area contributed by atoms with Gasteiger partial charge >= 0.3 is 6.09 Å². The molecule has 2 amide bonds. The molecule has 1 heterocycles. The quantitative estimate of drug-likeness (QED) is 0.809. The lowest BCUT2D eigenvalue weighted by molar-refractivity contribution is -0.135. The van der Waals surface area contributed by atoms with E-state index in [1.807, 2.05) is 25.7 Å². The van der Waals surface area contributed by atoms with E-state index >= 15 is 0 Å². The minimum absolute atomic E-state index is 0.0950. The van der Waals surface area contributed by atoms with Crippen LogP contribution in [0.5, 0.6) is 0 Å². The highest BCUT2D eigenvalue weighted by molar-refractivity contribution is 5.77. The Morgan fingerprint density at radius 1 is 1.30 bits per heavy atom. The molecule has 1 aliphatic rings. The molecule has 1 rings (SSSR count). The maximum Gasteiger partial charge on any atom is 0.407 e. The fourth-order valence-corrected chi connectivity index (χ4v) is 3.07. The van der Waals surface area contributed by atoms with Gasteiger partial charge in [-0.05, 0) is 46.0 Å². The summed E-state index contributed by atoms with van der Waals surface area (Å²) in [6.07, 6.45) is 5.50. The monoisotopic (exact) mass is 326 g/mol. The van der Waals surface area contributed by atoms with Crippen molar-refractivity contribution in [1.29, 1.82) is 0 Å². The van der Waals surface area contributed by atoms with Crippen molar-refractivity contribution >= 4 is 12.0 Å². The molecule has 1 N–H and O–H groups in total. The van der Waals surface area contributed by atoms with Gasteiger partial charge in [0.15, 0.2) is 0 Å². The molecular formula is C18H34N2O3. The number of hydrogen-bond acceptors (Lipinski definition) is 3. The number of likely N-dealkylation sites (tertiary alicyclic amines) is 1. The zero-order chi connectivity index (χ0) is 17.5. The van der Waals surface area contributed by atoms with Crippen molar-refractivity contribution in [3.8, 4) is 0 Å². The normalized spacial score (nSPS) is 20.0. The SMILES string of the molecule is CCCC(C)CC(=O)N1CCCCC1CNC(=O)OC(C)(C)C. The van der Waals surface area contributed by atoms with Crippen LogP contribution in [0.4, 0.5) is 4.79 Å². The van der Waals surface area contributed by atoms with Crippen LogP contribution in [-0.2, 0) is 9.53 Å². The molecule has 0 saturated carbocycles. The van der Waals surface area contributed by atoms with Crippen molar-refractivity contribution in [1.82, 2.24) is 10.2 Å². The van der Waals surface area contributed by atoms with Gasteiger partial charge in [0.25, 0.3) is 0 Å². The summed E-state index contributed by atoms with van der Waals surface area (Å²) in [6.45, 7) is 11.1. The Balaban J connectivity index is 2.51. The molecule has 0 aromatic carbocycles. The molecule has 1 fully saturated rings. The summed E-state index contributed by atoms with van der Waals surface area (Å²) >= 11 is 0. The van der Waals surface area contributed by atoms with E-state index in [-0.39, 0.29) is 11.9 Å². The number of nitrogens with zero attached hydrogens (tertiary/aromatic N) is 1. The molecule has 5 nitrogen and oxygen atoms in total. The largest absolute Gasteiger partial charge is 0.444 e. The molecule has 0 radical (unpaired) electrons. The number of ether oxygens (including phenoxy) is 1. The molecule has 23 heavy (non-hydrogen) atoms. The second-order valence-corrected chi connectivity index (χ2v) is 7.72. The fourth-order valence-electron chi connectivity index (χ4n) is 3.07. The summed E-state index contributed by atoms with van der Waals surface area (Å²) in [5.41, 5.74) is -0.498. The summed E-state index contributed by atoms with van der Waals surface area (Å²) in [4.78, 5) is 26.3. The van der Waals surface area contributed by atoms with Crippen LogP contribution in [0.25, 0.3) is 0 Å². The smallest absolute Gasteiger partial charge is 0.407 e. The molecule has 0 spiro atoms. The topological polar surface area (TPSA) is 58.6 Å². The maximum absolute atomic E-state index is 12.5. The molecule has 0 aromatic heterocycles. The molecule has 1 aliphatic heterocycles. The van der Waals surface area contributed by atoms with Gasteiger partial charge in [-0.2, -0.15) is 0 Å². The summed E-state index contributed by atoms with van der Waals surface area (Å²) in [7, 11) is 0. The van der Waals surface area contributed by atoms with E-state index < -0.39 is 11.7 Å². The highest BCUT2D eigenvalue weighted by atomic mass is 16.6. The van der Waals surface area contributed by atoms with Gasteiger partial charge in [-0.25, -0.2) is 4.79 Å². The predicted octanol–water partition coefficient (Wildman–Crippen LogP) is 3.72. The number of carbonyl (C=O) groups is 2. The lowest BCUT2D eigenvalue weighted by Gasteiger charge is -2.36. The van der Waals surface area contributed by atoms with E-state index in [1.54, 1.807) is 0 Å². The third-order valence-electron chi connectivity index (χ3n) is 4.13. The van der Waals surface area contributed by atoms with E-state index in [0.717, 1.165) is 38.6 Å². The first-order chi connectivity index (χ1) is 10.7. The first-order valence-corrected chi connectivity index (χ1v) is 8.99. The number of alkyl carbamates (subject to hydrolysis) is 1. The van der Waals surface area contributed by atoms with E-state index in [2.05, 4.69) is 19.2 Å². The third-order valence-corrected chi connectivity index (χ3v) is 4.13. The lowest BCUT2D eigenvalue weighted by atomic mass is 9.97. The van der Waals surface area contributed by atoms with Crippen molar-refractivity contribution in [2.24, 2.45) is 5.92 Å². The molecule has 2 atom stereocenters. The van der Waals surface area contributed by atoms with Gasteiger partial charge in [0.2, 0.25) is 5.91 Å². The van der Waals surface area contributed by atoms with Crippen LogP contribution in [0.15, 0.2) is 0 Å². The van der Waals surface area contributed by atoms with Crippen LogP contribution >= 0.6 is 0 Å². The molecule has 0 bridgehead atoms. The number of carbonyl (C=O) groups excluding carboxylic acids is 2. The van der Waals surface area contributed by atoms with Crippen LogP contribution in [0.2, 0.25) is 0 Å². The Bertz CT molecular complexity index is 390. The van der Waals surface area contributed by atoms with E-state index in [4.69, 9.17) is 4.74 Å². The second kappa shape index (κ2) is 9.14. The van der Waals surface area contributed by atoms with Crippen molar-refractivity contribution < 1.29 is 14.3 Å². The van der Waals surface area contributed by atoms with Crippen molar-refractivity contribution in [2.75, 3.05) is 13.1 Å². The molecule has 134 valence electrons. The van der Waals surface area contributed by atoms with E-state index in [9.17, 15) is 9.59 Å². The van der Waals surface area contributed by atoms with Crippen LogP contribution in [0.1, 0.15) is 73.1 Å². The average Bonchev–Trinajstić information content (AvgIpc) is 2.43. The lowest BCUT2D eigenvalue weighted by Crippen LogP contribution is -2.50. The molecule has 1 saturated heterocycles. The molecular weight excluding hydrogens is 292 g/mol. The first-order valence-electron chi connectivity index (χ1n) is 8.99. The van der Waals surface area contributed by atoms with Crippen LogP contribution in [0.3, 0.4) is 0 Å². The zero-order valence-electron chi connectivity index (χ0n) is 15.5. The van der Waals surface area contributed by atoms with Crippen molar-refractivity contribution in [2.45, 2.75) is 84.8 Å². The Kier molecular flexibility index (Phi) is 7.86. The Morgan fingerprint density at radius 2 is 2.00 bits per heavy atom. The highest BCUT2D eigenvalue weighted by Gasteiger charge is 2.28. The van der Waals surface area contributed by atoms with E-state index in [1.165, 1.54) is 0 Å². The number of amides is 2. The third kappa shape index (κ3) is 7.71. The van der Waals surface area contributed by atoms with Crippen LogP contribution in [-0.4, -0.2) is 41.6 Å². The second-order valence-electron chi connectivity index (χ2n) is 7.72. The first kappa shape index (κ1) is 19.8. The standard InChI is InChI=1S/C18H34N2O3/c1-6-9-14(2)12-16(21)20-11-8-7-10-15(20)13-19-17(22)23-18(3,4)5/h14-15H,6-13H2,1-5H3,(H,19,22).